The largest absolute Gasteiger partial charge is 0.385 e. The molecule has 0 N–H and O–H groups in total. The lowest BCUT2D eigenvalue weighted by atomic mass is 10.1. The normalized spacial score (nSPS) is 13.5. The Morgan fingerprint density at radius 3 is 2.78 bits per heavy atom. The number of benzene rings is 1. The van der Waals surface area contributed by atoms with Gasteiger partial charge in [0.2, 0.25) is 0 Å². The van der Waals surface area contributed by atoms with Gasteiger partial charge in [0.15, 0.2) is 5.16 Å². The lowest BCUT2D eigenvalue weighted by Gasteiger charge is -2.13. The topological polar surface area (TPSA) is 44.3 Å². The van der Waals surface area contributed by atoms with Gasteiger partial charge in [-0.25, -0.2) is 9.66 Å². The smallest absolute Gasteiger partial charge is 0.189 e. The van der Waals surface area contributed by atoms with Crippen LogP contribution in [0.25, 0.3) is 11.3 Å². The average Bonchev–Trinajstić information content (AvgIpc) is 3.24. The van der Waals surface area contributed by atoms with Crippen molar-refractivity contribution in [1.82, 2.24) is 14.2 Å². The molecule has 27 heavy (non-hydrogen) atoms. The number of aromatic nitrogens is 3. The molecule has 0 aliphatic carbocycles. The van der Waals surface area contributed by atoms with Crippen LogP contribution in [0.2, 0.25) is 0 Å². The zero-order chi connectivity index (χ0) is 18.8. The fourth-order valence-electron chi connectivity index (χ4n) is 3.50. The van der Waals surface area contributed by atoms with E-state index in [4.69, 9.17) is 14.8 Å². The first kappa shape index (κ1) is 18.1. The second-order valence-corrected chi connectivity index (χ2v) is 7.68. The van der Waals surface area contributed by atoms with E-state index in [1.165, 1.54) is 17.0 Å². The van der Waals surface area contributed by atoms with E-state index in [2.05, 4.69) is 36.6 Å². The molecule has 0 saturated carbocycles. The van der Waals surface area contributed by atoms with Crippen molar-refractivity contribution in [3.05, 3.63) is 59.5 Å². The number of hydrogen-bond donors (Lipinski definition) is 0. The lowest BCUT2D eigenvalue weighted by molar-refractivity contribution is 0.190. The second kappa shape index (κ2) is 7.74. The van der Waals surface area contributed by atoms with E-state index < -0.39 is 0 Å². The van der Waals surface area contributed by atoms with Gasteiger partial charge in [0.05, 0.1) is 17.6 Å². The molecule has 4 rings (SSSR count). The summed E-state index contributed by atoms with van der Waals surface area (Å²) in [5.74, 6) is 0.841. The Bertz CT molecular complexity index is 972. The van der Waals surface area contributed by atoms with Gasteiger partial charge in [0.1, 0.15) is 0 Å². The van der Waals surface area contributed by atoms with Crippen LogP contribution in [0, 0.1) is 13.8 Å². The zero-order valence-corrected chi connectivity index (χ0v) is 16.8. The van der Waals surface area contributed by atoms with Gasteiger partial charge in [0.25, 0.3) is 0 Å². The standard InChI is InChI=1S/C21H24N4OS/c1-15-12-18(16(2)24(15)10-7-11-26-3)20-14-27-21-22-19(13-25(21)23-20)17-8-5-4-6-9-17/h4-6,8-9,12-13H,7,10-11,14H2,1-3H3. The fourth-order valence-corrected chi connectivity index (χ4v) is 4.37. The predicted octanol–water partition coefficient (Wildman–Crippen LogP) is 4.36. The van der Waals surface area contributed by atoms with Crippen LogP contribution in [0.5, 0.6) is 0 Å². The van der Waals surface area contributed by atoms with Gasteiger partial charge < -0.3 is 9.30 Å². The summed E-state index contributed by atoms with van der Waals surface area (Å²) in [6.07, 6.45) is 3.04. The van der Waals surface area contributed by atoms with Gasteiger partial charge in [-0.2, -0.15) is 5.10 Å². The Kier molecular flexibility index (Phi) is 5.18. The molecule has 0 unspecified atom stereocenters. The molecule has 1 aliphatic heterocycles. The molecule has 0 bridgehead atoms. The molecular weight excluding hydrogens is 356 g/mol. The molecule has 2 aromatic heterocycles. The summed E-state index contributed by atoms with van der Waals surface area (Å²) in [7, 11) is 1.75. The third-order valence-electron chi connectivity index (χ3n) is 4.91. The number of rotatable bonds is 6. The number of hydrogen-bond acceptors (Lipinski definition) is 4. The highest BCUT2D eigenvalue weighted by Crippen LogP contribution is 2.29. The van der Waals surface area contributed by atoms with E-state index >= 15 is 0 Å². The van der Waals surface area contributed by atoms with Crippen LogP contribution < -0.4 is 0 Å². The average molecular weight is 381 g/mol. The predicted molar refractivity (Wildman–Crippen MR) is 111 cm³/mol. The number of nitrogens with zero attached hydrogens (tertiary/aromatic N) is 4. The van der Waals surface area contributed by atoms with E-state index in [0.717, 1.165) is 47.5 Å². The van der Waals surface area contributed by atoms with Gasteiger partial charge in [0, 0.05) is 48.5 Å². The third-order valence-corrected chi connectivity index (χ3v) is 5.86. The van der Waals surface area contributed by atoms with Crippen LogP contribution in [-0.4, -0.2) is 39.4 Å². The van der Waals surface area contributed by atoms with Crippen molar-refractivity contribution in [3.8, 4) is 11.3 Å². The lowest BCUT2D eigenvalue weighted by Crippen LogP contribution is -2.14. The first-order valence-electron chi connectivity index (χ1n) is 9.19. The second-order valence-electron chi connectivity index (χ2n) is 6.74. The van der Waals surface area contributed by atoms with Gasteiger partial charge in [-0.15, -0.1) is 0 Å². The molecule has 0 saturated heterocycles. The summed E-state index contributed by atoms with van der Waals surface area (Å²) < 4.78 is 9.47. The Hall–Kier alpha value is -2.31. The summed E-state index contributed by atoms with van der Waals surface area (Å²) in [5.41, 5.74) is 6.97. The third kappa shape index (κ3) is 3.59. The van der Waals surface area contributed by atoms with Crippen LogP contribution in [0.1, 0.15) is 23.4 Å². The molecule has 0 atom stereocenters. The first-order valence-corrected chi connectivity index (χ1v) is 10.2. The molecule has 5 nitrogen and oxygen atoms in total. The molecule has 3 heterocycles. The van der Waals surface area contributed by atoms with Crippen molar-refractivity contribution < 1.29 is 4.74 Å². The number of fused-ring (bicyclic) bond motifs is 1. The number of ether oxygens (including phenoxy) is 1. The van der Waals surface area contributed by atoms with Crippen molar-refractivity contribution in [2.45, 2.75) is 32.0 Å². The van der Waals surface area contributed by atoms with E-state index in [1.54, 1.807) is 18.9 Å². The Morgan fingerprint density at radius 1 is 1.19 bits per heavy atom. The van der Waals surface area contributed by atoms with Crippen molar-refractivity contribution in [3.63, 3.8) is 0 Å². The Morgan fingerprint density at radius 2 is 2.00 bits per heavy atom. The van der Waals surface area contributed by atoms with Crippen LogP contribution in [-0.2, 0) is 11.3 Å². The number of imidazole rings is 1. The van der Waals surface area contributed by atoms with Gasteiger partial charge in [-0.1, -0.05) is 42.1 Å². The van der Waals surface area contributed by atoms with Crippen LogP contribution in [0.15, 0.2) is 52.9 Å². The maximum absolute atomic E-state index is 5.19. The highest BCUT2D eigenvalue weighted by atomic mass is 32.2. The SMILES string of the molecule is COCCCn1c(C)cc(C2=Nn3cc(-c4ccccc4)nc3SC2)c1C. The van der Waals surface area contributed by atoms with Crippen molar-refractivity contribution in [1.29, 1.82) is 0 Å². The summed E-state index contributed by atoms with van der Waals surface area (Å²) in [4.78, 5) is 4.74. The maximum atomic E-state index is 5.19. The minimum absolute atomic E-state index is 0.782. The quantitative estimate of drug-likeness (QED) is 0.597. The molecular formula is C21H24N4OS. The van der Waals surface area contributed by atoms with Crippen LogP contribution in [0.3, 0.4) is 0 Å². The minimum Gasteiger partial charge on any atom is -0.385 e. The molecule has 1 aliphatic rings. The molecule has 1 aromatic carbocycles. The zero-order valence-electron chi connectivity index (χ0n) is 16.0. The van der Waals surface area contributed by atoms with Crippen LogP contribution >= 0.6 is 11.8 Å². The van der Waals surface area contributed by atoms with E-state index in [0.29, 0.717) is 0 Å². The van der Waals surface area contributed by atoms with Crippen LogP contribution in [0.4, 0.5) is 0 Å². The summed E-state index contributed by atoms with van der Waals surface area (Å²) in [5, 5.41) is 5.84. The van der Waals surface area contributed by atoms with E-state index in [-0.39, 0.29) is 0 Å². The molecule has 0 spiro atoms. The summed E-state index contributed by atoms with van der Waals surface area (Å²) in [6.45, 7) is 6.10. The highest BCUT2D eigenvalue weighted by Gasteiger charge is 2.21. The molecule has 0 fully saturated rings. The molecule has 3 aromatic rings. The summed E-state index contributed by atoms with van der Waals surface area (Å²) >= 11 is 1.74. The van der Waals surface area contributed by atoms with E-state index in [9.17, 15) is 0 Å². The van der Waals surface area contributed by atoms with Crippen molar-refractivity contribution in [2.24, 2.45) is 5.10 Å². The van der Waals surface area contributed by atoms with Gasteiger partial charge >= 0.3 is 0 Å². The number of methoxy groups -OCH3 is 1. The highest BCUT2D eigenvalue weighted by molar-refractivity contribution is 7.99. The first-order chi connectivity index (χ1) is 13.2. The Labute approximate surface area is 164 Å². The molecule has 6 heteroatoms. The number of aryl methyl sites for hydroxylation is 1. The van der Waals surface area contributed by atoms with Gasteiger partial charge in [-0.3, -0.25) is 0 Å². The summed E-state index contributed by atoms with van der Waals surface area (Å²) in [6, 6.07) is 12.5. The maximum Gasteiger partial charge on any atom is 0.189 e. The number of thioether (sulfide) groups is 1. The van der Waals surface area contributed by atoms with Gasteiger partial charge in [-0.05, 0) is 26.3 Å². The Balaban J connectivity index is 1.63. The van der Waals surface area contributed by atoms with Crippen molar-refractivity contribution in [2.75, 3.05) is 19.5 Å². The molecule has 140 valence electrons. The van der Waals surface area contributed by atoms with E-state index in [1.807, 2.05) is 29.1 Å². The molecule has 0 amide bonds. The van der Waals surface area contributed by atoms with Crippen molar-refractivity contribution >= 4 is 17.5 Å². The minimum atomic E-state index is 0.782. The monoisotopic (exact) mass is 380 g/mol. The fraction of sp³-hybridized carbons (Fsp3) is 0.333. The molecule has 0 radical (unpaired) electrons.